The third-order valence-corrected chi connectivity index (χ3v) is 2.86. The van der Waals surface area contributed by atoms with Gasteiger partial charge in [-0.3, -0.25) is 0 Å². The Balaban J connectivity index is 1.73. The van der Waals surface area contributed by atoms with Gasteiger partial charge < -0.3 is 14.6 Å². The molecule has 0 aliphatic carbocycles. The predicted octanol–water partition coefficient (Wildman–Crippen LogP) is 2.14. The number of ether oxygens (including phenoxy) is 2. The standard InChI is InChI=1S/C15H17FO3/c16-12-4-6-13(7-5-12)18-11-15-9-8-14(19-15)3-1-2-10-17/h4-7,14-15,17H,2,8-11H2/t14-,15-/m0/s1. The van der Waals surface area contributed by atoms with Crippen molar-refractivity contribution in [2.75, 3.05) is 13.2 Å². The van der Waals surface area contributed by atoms with Crippen LogP contribution in [0.1, 0.15) is 19.3 Å². The first-order valence-corrected chi connectivity index (χ1v) is 6.41. The number of aliphatic hydroxyl groups is 1. The highest BCUT2D eigenvalue weighted by Crippen LogP contribution is 2.20. The fraction of sp³-hybridized carbons (Fsp3) is 0.467. The fourth-order valence-corrected chi connectivity index (χ4v) is 1.90. The number of halogens is 1. The summed E-state index contributed by atoms with van der Waals surface area (Å²) in [7, 11) is 0. The largest absolute Gasteiger partial charge is 0.491 e. The Labute approximate surface area is 112 Å². The minimum absolute atomic E-state index is 0.0264. The second-order valence-electron chi connectivity index (χ2n) is 4.38. The van der Waals surface area contributed by atoms with Crippen LogP contribution < -0.4 is 4.74 Å². The van der Waals surface area contributed by atoms with E-state index >= 15 is 0 Å². The van der Waals surface area contributed by atoms with Gasteiger partial charge in [0.2, 0.25) is 0 Å². The molecule has 1 heterocycles. The van der Waals surface area contributed by atoms with Crippen LogP contribution >= 0.6 is 0 Å². The van der Waals surface area contributed by atoms with E-state index in [1.165, 1.54) is 12.1 Å². The minimum Gasteiger partial charge on any atom is -0.491 e. The van der Waals surface area contributed by atoms with Crippen molar-refractivity contribution in [3.05, 3.63) is 30.1 Å². The molecule has 1 aliphatic heterocycles. The number of rotatable bonds is 4. The predicted molar refractivity (Wildman–Crippen MR) is 69.3 cm³/mol. The Hall–Kier alpha value is -1.57. The van der Waals surface area contributed by atoms with Gasteiger partial charge in [-0.15, -0.1) is 0 Å². The Morgan fingerprint density at radius 3 is 2.84 bits per heavy atom. The molecule has 0 saturated carbocycles. The lowest BCUT2D eigenvalue weighted by Gasteiger charge is -2.12. The van der Waals surface area contributed by atoms with E-state index in [9.17, 15) is 4.39 Å². The molecule has 19 heavy (non-hydrogen) atoms. The summed E-state index contributed by atoms with van der Waals surface area (Å²) in [5.41, 5.74) is 0. The van der Waals surface area contributed by atoms with E-state index in [2.05, 4.69) is 11.8 Å². The molecule has 1 aliphatic rings. The molecule has 1 aromatic rings. The lowest BCUT2D eigenvalue weighted by molar-refractivity contribution is 0.0419. The highest BCUT2D eigenvalue weighted by Gasteiger charge is 2.24. The van der Waals surface area contributed by atoms with E-state index in [-0.39, 0.29) is 24.6 Å². The van der Waals surface area contributed by atoms with Crippen LogP contribution in [0, 0.1) is 17.7 Å². The molecule has 1 saturated heterocycles. The number of benzene rings is 1. The third-order valence-electron chi connectivity index (χ3n) is 2.86. The summed E-state index contributed by atoms with van der Waals surface area (Å²) in [5, 5.41) is 8.63. The second-order valence-corrected chi connectivity index (χ2v) is 4.38. The summed E-state index contributed by atoms with van der Waals surface area (Å²) in [6, 6.07) is 5.94. The van der Waals surface area contributed by atoms with Crippen molar-refractivity contribution < 1.29 is 19.0 Å². The second kappa shape index (κ2) is 7.13. The summed E-state index contributed by atoms with van der Waals surface area (Å²) >= 11 is 0. The molecular formula is C15H17FO3. The van der Waals surface area contributed by atoms with Crippen molar-refractivity contribution in [1.29, 1.82) is 0 Å². The zero-order chi connectivity index (χ0) is 13.5. The van der Waals surface area contributed by atoms with Crippen LogP contribution in [0.2, 0.25) is 0 Å². The van der Waals surface area contributed by atoms with Gasteiger partial charge in [-0.05, 0) is 37.1 Å². The molecule has 1 N–H and O–H groups in total. The SMILES string of the molecule is OCCC#C[C@H]1CC[C@@H](COc2ccc(F)cc2)O1. The maximum atomic E-state index is 12.7. The molecule has 2 atom stereocenters. The first-order chi connectivity index (χ1) is 9.28. The van der Waals surface area contributed by atoms with Crippen molar-refractivity contribution in [3.8, 4) is 17.6 Å². The van der Waals surface area contributed by atoms with Crippen LogP contribution in [0.3, 0.4) is 0 Å². The van der Waals surface area contributed by atoms with E-state index in [1.54, 1.807) is 12.1 Å². The quantitative estimate of drug-likeness (QED) is 0.847. The molecule has 0 bridgehead atoms. The molecule has 1 fully saturated rings. The number of hydrogen-bond donors (Lipinski definition) is 1. The van der Waals surface area contributed by atoms with Gasteiger partial charge in [0, 0.05) is 6.42 Å². The van der Waals surface area contributed by atoms with Crippen LogP contribution in [-0.2, 0) is 4.74 Å². The molecule has 0 spiro atoms. The summed E-state index contributed by atoms with van der Waals surface area (Å²) in [4.78, 5) is 0. The summed E-state index contributed by atoms with van der Waals surface area (Å²) in [6.45, 7) is 0.528. The Morgan fingerprint density at radius 2 is 2.11 bits per heavy atom. The average molecular weight is 264 g/mol. The van der Waals surface area contributed by atoms with E-state index in [4.69, 9.17) is 14.6 Å². The summed E-state index contributed by atoms with van der Waals surface area (Å²) < 4.78 is 24.0. The molecule has 0 aromatic heterocycles. The van der Waals surface area contributed by atoms with Crippen molar-refractivity contribution in [2.45, 2.75) is 31.5 Å². The zero-order valence-corrected chi connectivity index (χ0v) is 10.6. The van der Waals surface area contributed by atoms with Crippen molar-refractivity contribution >= 4 is 0 Å². The molecule has 1 aromatic carbocycles. The highest BCUT2D eigenvalue weighted by atomic mass is 19.1. The lowest BCUT2D eigenvalue weighted by Crippen LogP contribution is -2.18. The molecule has 0 unspecified atom stereocenters. The Morgan fingerprint density at radius 1 is 1.32 bits per heavy atom. The topological polar surface area (TPSA) is 38.7 Å². The van der Waals surface area contributed by atoms with Crippen molar-refractivity contribution in [3.63, 3.8) is 0 Å². The first kappa shape index (κ1) is 13.9. The van der Waals surface area contributed by atoms with E-state index in [0.29, 0.717) is 18.8 Å². The maximum absolute atomic E-state index is 12.7. The molecular weight excluding hydrogens is 247 g/mol. The Kier molecular flexibility index (Phi) is 5.20. The molecule has 102 valence electrons. The van der Waals surface area contributed by atoms with Crippen LogP contribution in [0.25, 0.3) is 0 Å². The normalized spacial score (nSPS) is 21.8. The maximum Gasteiger partial charge on any atom is 0.123 e. The molecule has 3 nitrogen and oxygen atoms in total. The van der Waals surface area contributed by atoms with Gasteiger partial charge in [0.05, 0.1) is 12.7 Å². The highest BCUT2D eigenvalue weighted by molar-refractivity contribution is 5.22. The monoisotopic (exact) mass is 264 g/mol. The van der Waals surface area contributed by atoms with Crippen molar-refractivity contribution in [1.82, 2.24) is 0 Å². The molecule has 2 rings (SSSR count). The van der Waals surface area contributed by atoms with E-state index in [1.807, 2.05) is 0 Å². The molecule has 0 radical (unpaired) electrons. The number of aliphatic hydroxyl groups excluding tert-OH is 1. The smallest absolute Gasteiger partial charge is 0.123 e. The lowest BCUT2D eigenvalue weighted by atomic mass is 10.2. The van der Waals surface area contributed by atoms with Gasteiger partial charge in [-0.25, -0.2) is 4.39 Å². The third kappa shape index (κ3) is 4.55. The average Bonchev–Trinajstić information content (AvgIpc) is 2.86. The van der Waals surface area contributed by atoms with Crippen LogP contribution in [0.5, 0.6) is 5.75 Å². The van der Waals surface area contributed by atoms with Crippen molar-refractivity contribution in [2.24, 2.45) is 0 Å². The Bertz CT molecular complexity index is 447. The summed E-state index contributed by atoms with van der Waals surface area (Å²) in [6.07, 6.45) is 2.23. The molecule has 4 heteroatoms. The number of hydrogen-bond acceptors (Lipinski definition) is 3. The van der Waals surface area contributed by atoms with Crippen LogP contribution in [0.4, 0.5) is 4.39 Å². The van der Waals surface area contributed by atoms with Gasteiger partial charge in [0.25, 0.3) is 0 Å². The van der Waals surface area contributed by atoms with Gasteiger partial charge in [-0.2, -0.15) is 0 Å². The van der Waals surface area contributed by atoms with Crippen LogP contribution in [0.15, 0.2) is 24.3 Å². The first-order valence-electron chi connectivity index (χ1n) is 6.41. The van der Waals surface area contributed by atoms with Gasteiger partial charge in [-0.1, -0.05) is 11.8 Å². The van der Waals surface area contributed by atoms with Gasteiger partial charge >= 0.3 is 0 Å². The minimum atomic E-state index is -0.274. The van der Waals surface area contributed by atoms with Gasteiger partial charge in [0.15, 0.2) is 0 Å². The summed E-state index contributed by atoms with van der Waals surface area (Å²) in [5.74, 6) is 6.22. The fourth-order valence-electron chi connectivity index (χ4n) is 1.90. The molecule has 0 amide bonds. The van der Waals surface area contributed by atoms with E-state index < -0.39 is 0 Å². The zero-order valence-electron chi connectivity index (χ0n) is 10.6. The van der Waals surface area contributed by atoms with E-state index in [0.717, 1.165) is 12.8 Å². The van der Waals surface area contributed by atoms with Crippen LogP contribution in [-0.4, -0.2) is 30.5 Å². The van der Waals surface area contributed by atoms with Gasteiger partial charge in [0.1, 0.15) is 24.3 Å².